The summed E-state index contributed by atoms with van der Waals surface area (Å²) < 4.78 is 5.59. The molecular formula is C13H22N4O. The average molecular weight is 250 g/mol. The van der Waals surface area contributed by atoms with E-state index in [4.69, 9.17) is 10.5 Å². The molecule has 1 aliphatic heterocycles. The zero-order valence-electron chi connectivity index (χ0n) is 11.2. The molecule has 0 radical (unpaired) electrons. The number of aromatic nitrogens is 2. The van der Waals surface area contributed by atoms with Crippen molar-refractivity contribution in [3.63, 3.8) is 0 Å². The maximum atomic E-state index is 5.70. The van der Waals surface area contributed by atoms with Crippen LogP contribution in [0.5, 0.6) is 5.88 Å². The van der Waals surface area contributed by atoms with E-state index in [2.05, 4.69) is 14.9 Å². The van der Waals surface area contributed by atoms with Crippen molar-refractivity contribution in [3.8, 4) is 5.88 Å². The Morgan fingerprint density at radius 2 is 2.11 bits per heavy atom. The van der Waals surface area contributed by atoms with Crippen molar-refractivity contribution in [2.75, 3.05) is 24.5 Å². The standard InChI is InChI=1S/C13H22N4O/c1-10(2)18-13-7-12(15-9-16-13)17-5-3-11(8-14)4-6-17/h7,9-11H,3-6,8,14H2,1-2H3. The second-order valence-corrected chi connectivity index (χ2v) is 5.05. The third-order valence-electron chi connectivity index (χ3n) is 3.26. The van der Waals surface area contributed by atoms with E-state index in [9.17, 15) is 0 Å². The van der Waals surface area contributed by atoms with Crippen molar-refractivity contribution in [2.45, 2.75) is 32.8 Å². The van der Waals surface area contributed by atoms with Crippen molar-refractivity contribution in [1.82, 2.24) is 9.97 Å². The van der Waals surface area contributed by atoms with Gasteiger partial charge in [0.05, 0.1) is 6.10 Å². The van der Waals surface area contributed by atoms with Crippen LogP contribution in [0.2, 0.25) is 0 Å². The predicted molar refractivity (Wildman–Crippen MR) is 71.8 cm³/mol. The maximum Gasteiger partial charge on any atom is 0.218 e. The minimum Gasteiger partial charge on any atom is -0.475 e. The van der Waals surface area contributed by atoms with E-state index in [-0.39, 0.29) is 6.10 Å². The van der Waals surface area contributed by atoms with Crippen molar-refractivity contribution < 1.29 is 4.74 Å². The van der Waals surface area contributed by atoms with Crippen LogP contribution in [-0.2, 0) is 0 Å². The van der Waals surface area contributed by atoms with E-state index in [0.717, 1.165) is 38.3 Å². The summed E-state index contributed by atoms with van der Waals surface area (Å²) in [6.45, 7) is 6.81. The molecular weight excluding hydrogens is 228 g/mol. The number of hydrogen-bond donors (Lipinski definition) is 1. The van der Waals surface area contributed by atoms with Gasteiger partial charge < -0.3 is 15.4 Å². The van der Waals surface area contributed by atoms with E-state index in [1.54, 1.807) is 6.33 Å². The van der Waals surface area contributed by atoms with Gasteiger partial charge in [-0.15, -0.1) is 0 Å². The van der Waals surface area contributed by atoms with Gasteiger partial charge in [0.15, 0.2) is 0 Å². The molecule has 0 saturated carbocycles. The molecule has 5 nitrogen and oxygen atoms in total. The van der Waals surface area contributed by atoms with E-state index >= 15 is 0 Å². The second-order valence-electron chi connectivity index (χ2n) is 5.05. The molecule has 1 fully saturated rings. The summed E-state index contributed by atoms with van der Waals surface area (Å²) in [6, 6.07) is 1.92. The van der Waals surface area contributed by atoms with Crippen molar-refractivity contribution in [3.05, 3.63) is 12.4 Å². The minimum atomic E-state index is 0.135. The van der Waals surface area contributed by atoms with Crippen LogP contribution in [-0.4, -0.2) is 35.7 Å². The number of hydrogen-bond acceptors (Lipinski definition) is 5. The highest BCUT2D eigenvalue weighted by Crippen LogP contribution is 2.23. The van der Waals surface area contributed by atoms with Crippen LogP contribution in [0.4, 0.5) is 5.82 Å². The summed E-state index contributed by atoms with van der Waals surface area (Å²) in [7, 11) is 0. The normalized spacial score (nSPS) is 17.2. The Morgan fingerprint density at radius 3 is 2.72 bits per heavy atom. The molecule has 2 N–H and O–H groups in total. The Labute approximate surface area is 108 Å². The first kappa shape index (κ1) is 13.1. The Hall–Kier alpha value is -1.36. The number of anilines is 1. The van der Waals surface area contributed by atoms with Gasteiger partial charge >= 0.3 is 0 Å². The quantitative estimate of drug-likeness (QED) is 0.876. The lowest BCUT2D eigenvalue weighted by Crippen LogP contribution is -2.36. The number of nitrogens with two attached hydrogens (primary N) is 1. The molecule has 2 rings (SSSR count). The molecule has 0 atom stereocenters. The Balaban J connectivity index is 2.00. The van der Waals surface area contributed by atoms with Crippen LogP contribution < -0.4 is 15.4 Å². The highest BCUT2D eigenvalue weighted by Gasteiger charge is 2.19. The molecule has 1 saturated heterocycles. The predicted octanol–water partition coefficient (Wildman–Crippen LogP) is 1.44. The van der Waals surface area contributed by atoms with Crippen LogP contribution in [0.1, 0.15) is 26.7 Å². The summed E-state index contributed by atoms with van der Waals surface area (Å²) in [6.07, 6.45) is 3.99. The minimum absolute atomic E-state index is 0.135. The smallest absolute Gasteiger partial charge is 0.218 e. The lowest BCUT2D eigenvalue weighted by Gasteiger charge is -2.32. The molecule has 1 aliphatic rings. The van der Waals surface area contributed by atoms with Crippen LogP contribution in [0.25, 0.3) is 0 Å². The summed E-state index contributed by atoms with van der Waals surface area (Å²) >= 11 is 0. The molecule has 18 heavy (non-hydrogen) atoms. The van der Waals surface area contributed by atoms with Crippen LogP contribution in [0.3, 0.4) is 0 Å². The molecule has 0 bridgehead atoms. The summed E-state index contributed by atoms with van der Waals surface area (Å²) in [5.74, 6) is 2.27. The Bertz CT molecular complexity index is 375. The average Bonchev–Trinajstić information content (AvgIpc) is 2.38. The fourth-order valence-electron chi connectivity index (χ4n) is 2.21. The Morgan fingerprint density at radius 1 is 1.39 bits per heavy atom. The van der Waals surface area contributed by atoms with Gasteiger partial charge in [-0.1, -0.05) is 0 Å². The van der Waals surface area contributed by atoms with Crippen LogP contribution in [0.15, 0.2) is 12.4 Å². The molecule has 0 amide bonds. The largest absolute Gasteiger partial charge is 0.475 e. The fraction of sp³-hybridized carbons (Fsp3) is 0.692. The SMILES string of the molecule is CC(C)Oc1cc(N2CCC(CN)CC2)ncn1. The molecule has 1 aromatic rings. The van der Waals surface area contributed by atoms with Gasteiger partial charge in [0.25, 0.3) is 0 Å². The first-order chi connectivity index (χ1) is 8.69. The zero-order valence-corrected chi connectivity index (χ0v) is 11.2. The van der Waals surface area contributed by atoms with Crippen LogP contribution >= 0.6 is 0 Å². The molecule has 100 valence electrons. The van der Waals surface area contributed by atoms with Gasteiger partial charge in [0.2, 0.25) is 5.88 Å². The molecule has 0 unspecified atom stereocenters. The summed E-state index contributed by atoms with van der Waals surface area (Å²) in [5, 5.41) is 0. The van der Waals surface area contributed by atoms with E-state index in [1.807, 2.05) is 19.9 Å². The van der Waals surface area contributed by atoms with E-state index in [0.29, 0.717) is 11.8 Å². The van der Waals surface area contributed by atoms with E-state index < -0.39 is 0 Å². The van der Waals surface area contributed by atoms with Gasteiger partial charge in [-0.25, -0.2) is 9.97 Å². The van der Waals surface area contributed by atoms with Crippen molar-refractivity contribution >= 4 is 5.82 Å². The lowest BCUT2D eigenvalue weighted by atomic mass is 9.97. The van der Waals surface area contributed by atoms with Gasteiger partial charge in [-0.3, -0.25) is 0 Å². The van der Waals surface area contributed by atoms with Gasteiger partial charge in [0.1, 0.15) is 12.1 Å². The monoisotopic (exact) mass is 250 g/mol. The van der Waals surface area contributed by atoms with Gasteiger partial charge in [0, 0.05) is 19.2 Å². The number of ether oxygens (including phenoxy) is 1. The van der Waals surface area contributed by atoms with Crippen LogP contribution in [0, 0.1) is 5.92 Å². The topological polar surface area (TPSA) is 64.3 Å². The molecule has 0 aromatic carbocycles. The summed E-state index contributed by atoms with van der Waals surface area (Å²) in [5.41, 5.74) is 5.70. The third kappa shape index (κ3) is 3.32. The highest BCUT2D eigenvalue weighted by atomic mass is 16.5. The first-order valence-corrected chi connectivity index (χ1v) is 6.62. The first-order valence-electron chi connectivity index (χ1n) is 6.62. The van der Waals surface area contributed by atoms with Crippen molar-refractivity contribution in [1.29, 1.82) is 0 Å². The lowest BCUT2D eigenvalue weighted by molar-refractivity contribution is 0.232. The van der Waals surface area contributed by atoms with Crippen molar-refractivity contribution in [2.24, 2.45) is 11.7 Å². The van der Waals surface area contributed by atoms with Gasteiger partial charge in [-0.2, -0.15) is 0 Å². The summed E-state index contributed by atoms with van der Waals surface area (Å²) in [4.78, 5) is 10.7. The van der Waals surface area contributed by atoms with E-state index in [1.165, 1.54) is 0 Å². The zero-order chi connectivity index (χ0) is 13.0. The molecule has 1 aromatic heterocycles. The van der Waals surface area contributed by atoms with Gasteiger partial charge in [-0.05, 0) is 39.2 Å². The maximum absolute atomic E-state index is 5.70. The molecule has 0 spiro atoms. The fourth-order valence-corrected chi connectivity index (χ4v) is 2.21. The number of piperidine rings is 1. The molecule has 0 aliphatic carbocycles. The molecule has 5 heteroatoms. The Kier molecular flexibility index (Phi) is 4.36. The number of rotatable bonds is 4. The third-order valence-corrected chi connectivity index (χ3v) is 3.26. The number of nitrogens with zero attached hydrogens (tertiary/aromatic N) is 3. The highest BCUT2D eigenvalue weighted by molar-refractivity contribution is 5.41. The second kappa shape index (κ2) is 6.00. The molecule has 2 heterocycles.